The van der Waals surface area contributed by atoms with E-state index in [2.05, 4.69) is 4.98 Å². The van der Waals surface area contributed by atoms with Gasteiger partial charge in [0.2, 0.25) is 5.91 Å². The van der Waals surface area contributed by atoms with Crippen LogP contribution in [0.5, 0.6) is 0 Å². The fourth-order valence-electron chi connectivity index (χ4n) is 1.93. The lowest BCUT2D eigenvalue weighted by Gasteiger charge is -2.22. The van der Waals surface area contributed by atoms with Crippen LogP contribution in [0.1, 0.15) is 19.8 Å². The molecule has 0 radical (unpaired) electrons. The van der Waals surface area contributed by atoms with E-state index in [1.165, 1.54) is 12.8 Å². The highest BCUT2D eigenvalue weighted by molar-refractivity contribution is 5.97. The van der Waals surface area contributed by atoms with E-state index in [0.717, 1.165) is 5.69 Å². The van der Waals surface area contributed by atoms with Crippen molar-refractivity contribution in [1.29, 1.82) is 0 Å². The number of nitrogen functional groups attached to an aromatic ring is 1. The van der Waals surface area contributed by atoms with Crippen LogP contribution in [0.3, 0.4) is 0 Å². The molecular weight excluding hydrogens is 202 g/mol. The van der Waals surface area contributed by atoms with Crippen LogP contribution in [0.2, 0.25) is 0 Å². The third-order valence-corrected chi connectivity index (χ3v) is 3.24. The summed E-state index contributed by atoms with van der Waals surface area (Å²) in [5, 5.41) is 0. The van der Waals surface area contributed by atoms with Gasteiger partial charge in [0.05, 0.1) is 17.6 Å². The first-order valence-corrected chi connectivity index (χ1v) is 5.58. The van der Waals surface area contributed by atoms with Crippen molar-refractivity contribution in [3.8, 4) is 0 Å². The van der Waals surface area contributed by atoms with Crippen LogP contribution in [0.4, 0.5) is 11.4 Å². The van der Waals surface area contributed by atoms with Gasteiger partial charge in [0.25, 0.3) is 0 Å². The highest BCUT2D eigenvalue weighted by Crippen LogP contribution is 2.38. The standard InChI is InChI=1S/C12H17N3O/c1-8(9-3-4-9)12(16)15(2)11-5-6-14-7-10(11)13/h5-9H,3-4,13H2,1-2H3. The molecule has 4 heteroatoms. The zero-order valence-electron chi connectivity index (χ0n) is 9.68. The molecule has 1 aromatic heterocycles. The molecule has 1 aromatic rings. The minimum absolute atomic E-state index is 0.0950. The van der Waals surface area contributed by atoms with E-state index in [1.54, 1.807) is 30.4 Å². The van der Waals surface area contributed by atoms with Gasteiger partial charge in [-0.15, -0.1) is 0 Å². The molecule has 1 aliphatic rings. The predicted molar refractivity (Wildman–Crippen MR) is 63.9 cm³/mol. The number of rotatable bonds is 3. The maximum atomic E-state index is 12.1. The van der Waals surface area contributed by atoms with E-state index in [9.17, 15) is 4.79 Å². The number of hydrogen-bond acceptors (Lipinski definition) is 3. The van der Waals surface area contributed by atoms with Crippen LogP contribution in [0.15, 0.2) is 18.5 Å². The lowest BCUT2D eigenvalue weighted by Crippen LogP contribution is -2.33. The zero-order valence-corrected chi connectivity index (χ0v) is 9.68. The SMILES string of the molecule is CC(C(=O)N(C)c1ccncc1N)C1CC1. The molecule has 0 aromatic carbocycles. The van der Waals surface area contributed by atoms with Crippen LogP contribution in [0.25, 0.3) is 0 Å². The number of pyridine rings is 1. The quantitative estimate of drug-likeness (QED) is 0.841. The minimum atomic E-state index is 0.0950. The van der Waals surface area contributed by atoms with Crippen molar-refractivity contribution in [2.75, 3.05) is 17.7 Å². The first-order chi connectivity index (χ1) is 7.61. The number of hydrogen-bond donors (Lipinski definition) is 1. The fraction of sp³-hybridized carbons (Fsp3) is 0.500. The summed E-state index contributed by atoms with van der Waals surface area (Å²) >= 11 is 0. The lowest BCUT2D eigenvalue weighted by atomic mass is 10.0. The third kappa shape index (κ3) is 2.01. The summed E-state index contributed by atoms with van der Waals surface area (Å²) < 4.78 is 0. The first kappa shape index (κ1) is 10.9. The number of carbonyl (C=O) groups is 1. The number of carbonyl (C=O) groups excluding carboxylic acids is 1. The summed E-state index contributed by atoms with van der Waals surface area (Å²) in [6.45, 7) is 1.99. The van der Waals surface area contributed by atoms with Crippen LogP contribution in [-0.4, -0.2) is 17.9 Å². The fourth-order valence-corrected chi connectivity index (χ4v) is 1.93. The molecule has 0 saturated heterocycles. The van der Waals surface area contributed by atoms with Crippen LogP contribution < -0.4 is 10.6 Å². The highest BCUT2D eigenvalue weighted by atomic mass is 16.2. The Morgan fingerprint density at radius 2 is 2.31 bits per heavy atom. The average molecular weight is 219 g/mol. The summed E-state index contributed by atoms with van der Waals surface area (Å²) in [5.41, 5.74) is 7.08. The Morgan fingerprint density at radius 1 is 1.62 bits per heavy atom. The van der Waals surface area contributed by atoms with Crippen LogP contribution >= 0.6 is 0 Å². The Bertz CT molecular complexity index is 401. The van der Waals surface area contributed by atoms with Crippen molar-refractivity contribution in [3.05, 3.63) is 18.5 Å². The molecule has 1 amide bonds. The molecule has 1 fully saturated rings. The molecule has 1 atom stereocenters. The second-order valence-electron chi connectivity index (χ2n) is 4.46. The number of aromatic nitrogens is 1. The first-order valence-electron chi connectivity index (χ1n) is 5.58. The molecule has 16 heavy (non-hydrogen) atoms. The summed E-state index contributed by atoms with van der Waals surface area (Å²) in [7, 11) is 1.77. The summed E-state index contributed by atoms with van der Waals surface area (Å²) in [6, 6.07) is 1.77. The average Bonchev–Trinajstić information content (AvgIpc) is 3.11. The van der Waals surface area contributed by atoms with Crippen molar-refractivity contribution in [1.82, 2.24) is 4.98 Å². The molecule has 0 bridgehead atoms. The van der Waals surface area contributed by atoms with Crippen molar-refractivity contribution in [2.45, 2.75) is 19.8 Å². The summed E-state index contributed by atoms with van der Waals surface area (Å²) in [6.07, 6.45) is 5.57. The predicted octanol–water partition coefficient (Wildman–Crippen LogP) is 1.67. The van der Waals surface area contributed by atoms with E-state index in [-0.39, 0.29) is 11.8 Å². The number of anilines is 2. The lowest BCUT2D eigenvalue weighted by molar-refractivity contribution is -0.122. The molecule has 2 rings (SSSR count). The highest BCUT2D eigenvalue weighted by Gasteiger charge is 2.34. The van der Waals surface area contributed by atoms with Crippen LogP contribution in [0, 0.1) is 11.8 Å². The second-order valence-corrected chi connectivity index (χ2v) is 4.46. The van der Waals surface area contributed by atoms with E-state index in [1.807, 2.05) is 6.92 Å². The van der Waals surface area contributed by atoms with Gasteiger partial charge in [0.1, 0.15) is 0 Å². The molecule has 1 aliphatic carbocycles. The maximum Gasteiger partial charge on any atom is 0.229 e. The smallest absolute Gasteiger partial charge is 0.229 e. The van der Waals surface area contributed by atoms with Gasteiger partial charge in [0.15, 0.2) is 0 Å². The number of amides is 1. The minimum Gasteiger partial charge on any atom is -0.396 e. The second kappa shape index (κ2) is 4.12. The Kier molecular flexibility index (Phi) is 2.81. The molecule has 1 saturated carbocycles. The van der Waals surface area contributed by atoms with E-state index in [0.29, 0.717) is 11.6 Å². The normalized spacial score (nSPS) is 16.9. The Hall–Kier alpha value is -1.58. The van der Waals surface area contributed by atoms with Gasteiger partial charge in [-0.3, -0.25) is 9.78 Å². The van der Waals surface area contributed by atoms with Gasteiger partial charge >= 0.3 is 0 Å². The van der Waals surface area contributed by atoms with Crippen molar-refractivity contribution >= 4 is 17.3 Å². The van der Waals surface area contributed by atoms with E-state index >= 15 is 0 Å². The monoisotopic (exact) mass is 219 g/mol. The van der Waals surface area contributed by atoms with E-state index in [4.69, 9.17) is 5.73 Å². The molecule has 1 heterocycles. The van der Waals surface area contributed by atoms with Gasteiger partial charge in [0, 0.05) is 19.2 Å². The van der Waals surface area contributed by atoms with E-state index < -0.39 is 0 Å². The van der Waals surface area contributed by atoms with Gasteiger partial charge in [-0.1, -0.05) is 6.92 Å². The molecule has 1 unspecified atom stereocenters. The Labute approximate surface area is 95.5 Å². The van der Waals surface area contributed by atoms with Gasteiger partial charge in [-0.05, 0) is 24.8 Å². The summed E-state index contributed by atoms with van der Waals surface area (Å²) in [5.74, 6) is 0.802. The number of nitrogens with two attached hydrogens (primary N) is 1. The molecule has 0 spiro atoms. The van der Waals surface area contributed by atoms with Gasteiger partial charge < -0.3 is 10.6 Å². The largest absolute Gasteiger partial charge is 0.396 e. The third-order valence-electron chi connectivity index (χ3n) is 3.24. The molecular formula is C12H17N3O. The Morgan fingerprint density at radius 3 is 2.88 bits per heavy atom. The molecule has 0 aliphatic heterocycles. The van der Waals surface area contributed by atoms with Gasteiger partial charge in [-0.2, -0.15) is 0 Å². The van der Waals surface area contributed by atoms with Crippen molar-refractivity contribution in [3.63, 3.8) is 0 Å². The van der Waals surface area contributed by atoms with Crippen molar-refractivity contribution < 1.29 is 4.79 Å². The van der Waals surface area contributed by atoms with Gasteiger partial charge in [-0.25, -0.2) is 0 Å². The zero-order chi connectivity index (χ0) is 11.7. The molecule has 4 nitrogen and oxygen atoms in total. The topological polar surface area (TPSA) is 59.2 Å². The number of nitrogens with zero attached hydrogens (tertiary/aromatic N) is 2. The Balaban J connectivity index is 2.15. The molecule has 86 valence electrons. The van der Waals surface area contributed by atoms with Crippen LogP contribution in [-0.2, 0) is 4.79 Å². The maximum absolute atomic E-state index is 12.1. The summed E-state index contributed by atoms with van der Waals surface area (Å²) in [4.78, 5) is 17.7. The van der Waals surface area contributed by atoms with Crippen molar-refractivity contribution in [2.24, 2.45) is 11.8 Å². The molecule has 2 N–H and O–H groups in total.